The van der Waals surface area contributed by atoms with E-state index in [-0.39, 0.29) is 12.6 Å². The molecular weight excluding hydrogens is 242 g/mol. The number of aliphatic hydroxyl groups excluding tert-OH is 1. The number of rotatable bonds is 3. The third-order valence-electron chi connectivity index (χ3n) is 3.63. The summed E-state index contributed by atoms with van der Waals surface area (Å²) in [5.74, 6) is 2.62. The molecule has 100 valence electrons. The van der Waals surface area contributed by atoms with Gasteiger partial charge in [-0.1, -0.05) is 0 Å². The first-order chi connectivity index (χ1) is 9.33. The first-order valence-electron chi connectivity index (χ1n) is 6.52. The Morgan fingerprint density at radius 2 is 2.11 bits per heavy atom. The zero-order chi connectivity index (χ0) is 13.2. The van der Waals surface area contributed by atoms with E-state index in [9.17, 15) is 5.11 Å². The van der Waals surface area contributed by atoms with E-state index < -0.39 is 0 Å². The highest BCUT2D eigenvalue weighted by molar-refractivity contribution is 5.57. The van der Waals surface area contributed by atoms with Crippen LogP contribution in [-0.4, -0.2) is 33.6 Å². The van der Waals surface area contributed by atoms with Crippen LogP contribution in [0.3, 0.4) is 0 Å². The van der Waals surface area contributed by atoms with E-state index in [1.807, 2.05) is 24.3 Å². The van der Waals surface area contributed by atoms with Crippen LogP contribution >= 0.6 is 0 Å². The number of fused-ring (bicyclic) bond motifs is 1. The minimum Gasteiger partial charge on any atom is -0.497 e. The van der Waals surface area contributed by atoms with Crippen LogP contribution in [0, 0.1) is 0 Å². The molecule has 0 saturated heterocycles. The molecule has 1 N–H and O–H groups in total. The van der Waals surface area contributed by atoms with Crippen LogP contribution in [0.1, 0.15) is 24.7 Å². The van der Waals surface area contributed by atoms with E-state index in [4.69, 9.17) is 4.74 Å². The van der Waals surface area contributed by atoms with Crippen molar-refractivity contribution in [3.8, 4) is 17.1 Å². The van der Waals surface area contributed by atoms with Crippen LogP contribution in [0.25, 0.3) is 11.4 Å². The number of hydrogen-bond acceptors (Lipinski definition) is 4. The second-order valence-electron chi connectivity index (χ2n) is 4.77. The van der Waals surface area contributed by atoms with Crippen molar-refractivity contribution in [1.82, 2.24) is 14.8 Å². The first kappa shape index (κ1) is 12.2. The van der Waals surface area contributed by atoms with E-state index in [2.05, 4.69) is 14.8 Å². The molecule has 0 aliphatic carbocycles. The number of hydrogen-bond donors (Lipinski definition) is 1. The molecule has 1 aliphatic heterocycles. The quantitative estimate of drug-likeness (QED) is 0.913. The van der Waals surface area contributed by atoms with E-state index in [1.165, 1.54) is 0 Å². The van der Waals surface area contributed by atoms with Crippen molar-refractivity contribution in [3.63, 3.8) is 0 Å². The van der Waals surface area contributed by atoms with Gasteiger partial charge in [0.2, 0.25) is 0 Å². The summed E-state index contributed by atoms with van der Waals surface area (Å²) in [5.41, 5.74) is 1.000. The Morgan fingerprint density at radius 3 is 2.79 bits per heavy atom. The fraction of sp³-hybridized carbons (Fsp3) is 0.429. The van der Waals surface area contributed by atoms with E-state index in [0.717, 1.165) is 42.2 Å². The molecule has 1 atom stereocenters. The molecule has 5 nitrogen and oxygen atoms in total. The molecule has 0 saturated carbocycles. The van der Waals surface area contributed by atoms with Crippen LogP contribution in [0.2, 0.25) is 0 Å². The number of aromatic nitrogens is 3. The van der Waals surface area contributed by atoms with Crippen LogP contribution in [-0.2, 0) is 6.42 Å². The maximum atomic E-state index is 9.51. The van der Waals surface area contributed by atoms with E-state index in [1.54, 1.807) is 7.11 Å². The molecule has 1 aliphatic rings. The number of methoxy groups -OCH3 is 1. The summed E-state index contributed by atoms with van der Waals surface area (Å²) in [6.45, 7) is 0.133. The molecule has 0 radical (unpaired) electrons. The molecular formula is C14H17N3O2. The third-order valence-corrected chi connectivity index (χ3v) is 3.63. The van der Waals surface area contributed by atoms with Crippen LogP contribution < -0.4 is 4.74 Å². The lowest BCUT2D eigenvalue weighted by Crippen LogP contribution is -2.21. The minimum atomic E-state index is 0.0934. The van der Waals surface area contributed by atoms with Crippen LogP contribution in [0.15, 0.2) is 24.3 Å². The summed E-state index contributed by atoms with van der Waals surface area (Å²) in [7, 11) is 1.65. The predicted octanol–water partition coefficient (Wildman–Crippen LogP) is 1.82. The number of benzene rings is 1. The number of nitrogens with zero attached hydrogens (tertiary/aromatic N) is 3. The summed E-state index contributed by atoms with van der Waals surface area (Å²) >= 11 is 0. The number of aliphatic hydroxyl groups is 1. The molecule has 0 amide bonds. The fourth-order valence-corrected chi connectivity index (χ4v) is 2.61. The molecule has 1 aromatic carbocycles. The Hall–Kier alpha value is -1.88. The maximum absolute atomic E-state index is 9.51. The van der Waals surface area contributed by atoms with Crippen molar-refractivity contribution < 1.29 is 9.84 Å². The summed E-state index contributed by atoms with van der Waals surface area (Å²) in [4.78, 5) is 0. The van der Waals surface area contributed by atoms with Crippen molar-refractivity contribution in [2.24, 2.45) is 0 Å². The van der Waals surface area contributed by atoms with Gasteiger partial charge in [-0.15, -0.1) is 10.2 Å². The Kier molecular flexibility index (Phi) is 3.21. The van der Waals surface area contributed by atoms with Gasteiger partial charge in [-0.3, -0.25) is 0 Å². The third kappa shape index (κ3) is 2.10. The van der Waals surface area contributed by atoms with Gasteiger partial charge in [0.1, 0.15) is 11.6 Å². The predicted molar refractivity (Wildman–Crippen MR) is 71.1 cm³/mol. The topological polar surface area (TPSA) is 60.2 Å². The summed E-state index contributed by atoms with van der Waals surface area (Å²) in [6, 6.07) is 7.86. The highest BCUT2D eigenvalue weighted by Gasteiger charge is 2.24. The number of aryl methyl sites for hydroxylation is 1. The molecule has 0 spiro atoms. The smallest absolute Gasteiger partial charge is 0.164 e. The Bertz CT molecular complexity index is 563. The van der Waals surface area contributed by atoms with Gasteiger partial charge in [0.25, 0.3) is 0 Å². The van der Waals surface area contributed by atoms with Gasteiger partial charge >= 0.3 is 0 Å². The molecule has 5 heteroatoms. The van der Waals surface area contributed by atoms with E-state index in [0.29, 0.717) is 0 Å². The van der Waals surface area contributed by atoms with Gasteiger partial charge < -0.3 is 14.4 Å². The molecule has 19 heavy (non-hydrogen) atoms. The average molecular weight is 259 g/mol. The first-order valence-corrected chi connectivity index (χ1v) is 6.52. The van der Waals surface area contributed by atoms with Gasteiger partial charge in [-0.05, 0) is 37.1 Å². The van der Waals surface area contributed by atoms with Crippen LogP contribution in [0.5, 0.6) is 5.75 Å². The summed E-state index contributed by atoms with van der Waals surface area (Å²) in [6.07, 6.45) is 2.97. The average Bonchev–Trinajstić information content (AvgIpc) is 2.91. The maximum Gasteiger partial charge on any atom is 0.164 e. The molecule has 0 fully saturated rings. The summed E-state index contributed by atoms with van der Waals surface area (Å²) < 4.78 is 7.23. The van der Waals surface area contributed by atoms with Gasteiger partial charge in [-0.25, -0.2) is 0 Å². The second-order valence-corrected chi connectivity index (χ2v) is 4.77. The highest BCUT2D eigenvalue weighted by Crippen LogP contribution is 2.30. The van der Waals surface area contributed by atoms with Crippen molar-refractivity contribution in [2.45, 2.75) is 25.3 Å². The highest BCUT2D eigenvalue weighted by atomic mass is 16.5. The fourth-order valence-electron chi connectivity index (χ4n) is 2.61. The lowest BCUT2D eigenvalue weighted by atomic mass is 10.0. The van der Waals surface area contributed by atoms with Gasteiger partial charge in [0, 0.05) is 12.0 Å². The monoisotopic (exact) mass is 259 g/mol. The van der Waals surface area contributed by atoms with Crippen molar-refractivity contribution in [3.05, 3.63) is 30.1 Å². The normalized spacial score (nSPS) is 18.1. The lowest BCUT2D eigenvalue weighted by molar-refractivity contribution is 0.207. The molecule has 1 unspecified atom stereocenters. The molecule has 2 aromatic rings. The van der Waals surface area contributed by atoms with Gasteiger partial charge in [0.05, 0.1) is 19.8 Å². The van der Waals surface area contributed by atoms with Crippen molar-refractivity contribution in [1.29, 1.82) is 0 Å². The largest absolute Gasteiger partial charge is 0.497 e. The zero-order valence-corrected chi connectivity index (χ0v) is 10.9. The Morgan fingerprint density at radius 1 is 1.32 bits per heavy atom. The zero-order valence-electron chi connectivity index (χ0n) is 10.9. The van der Waals surface area contributed by atoms with Gasteiger partial charge in [0.15, 0.2) is 5.82 Å². The van der Waals surface area contributed by atoms with E-state index >= 15 is 0 Å². The van der Waals surface area contributed by atoms with Gasteiger partial charge in [-0.2, -0.15) is 0 Å². The standard InChI is InChI=1S/C14H17N3O2/c1-19-12-7-5-10(6-8-12)14-16-15-13-4-2-3-11(9-18)17(13)14/h5-8,11,18H,2-4,9H2,1H3. The van der Waals surface area contributed by atoms with Crippen LogP contribution in [0.4, 0.5) is 0 Å². The molecule has 3 rings (SSSR count). The minimum absolute atomic E-state index is 0.0934. The Balaban J connectivity index is 2.03. The Labute approximate surface area is 111 Å². The summed E-state index contributed by atoms with van der Waals surface area (Å²) in [5, 5.41) is 18.0. The second kappa shape index (κ2) is 5.01. The SMILES string of the molecule is COc1ccc(-c2nnc3n2C(CO)CCC3)cc1. The number of ether oxygens (including phenoxy) is 1. The molecule has 1 aromatic heterocycles. The van der Waals surface area contributed by atoms with Crippen molar-refractivity contribution in [2.75, 3.05) is 13.7 Å². The van der Waals surface area contributed by atoms with Crippen molar-refractivity contribution >= 4 is 0 Å². The molecule has 2 heterocycles. The lowest BCUT2D eigenvalue weighted by Gasteiger charge is -2.24. The molecule has 0 bridgehead atoms.